The van der Waals surface area contributed by atoms with Gasteiger partial charge in [0.05, 0.1) is 5.69 Å². The maximum atomic E-state index is 12.2. The highest BCUT2D eigenvalue weighted by atomic mass is 32.1. The van der Waals surface area contributed by atoms with Gasteiger partial charge in [0.2, 0.25) is 0 Å². The molecule has 0 radical (unpaired) electrons. The molecule has 0 spiro atoms. The van der Waals surface area contributed by atoms with Gasteiger partial charge in [0, 0.05) is 22.9 Å². The van der Waals surface area contributed by atoms with Crippen molar-refractivity contribution >= 4 is 23.4 Å². The van der Waals surface area contributed by atoms with Crippen molar-refractivity contribution in [1.29, 1.82) is 0 Å². The van der Waals surface area contributed by atoms with Gasteiger partial charge in [-0.1, -0.05) is 22.7 Å². The van der Waals surface area contributed by atoms with Gasteiger partial charge in [-0.25, -0.2) is 0 Å². The second-order valence-corrected chi connectivity index (χ2v) is 4.72. The number of aromatic nitrogens is 2. The number of nitrogens with zero attached hydrogens (tertiary/aromatic N) is 2. The van der Waals surface area contributed by atoms with Crippen molar-refractivity contribution in [1.82, 2.24) is 9.59 Å². The molecular weight excluding hydrogens is 232 g/mol. The standard InChI is InChI=1S/C13H10N2OS/c1-8-3-2-4-11-12(8)6-9(13(11)16)5-10-7-17-15-14-10/h2-5,7H,6H2,1H3. The summed E-state index contributed by atoms with van der Waals surface area (Å²) in [6, 6.07) is 5.86. The Morgan fingerprint density at radius 3 is 3.00 bits per heavy atom. The largest absolute Gasteiger partial charge is 0.289 e. The number of benzene rings is 1. The minimum atomic E-state index is 0.122. The summed E-state index contributed by atoms with van der Waals surface area (Å²) < 4.78 is 3.79. The molecule has 1 aliphatic carbocycles. The van der Waals surface area contributed by atoms with E-state index in [1.165, 1.54) is 17.1 Å². The molecule has 2 aromatic rings. The van der Waals surface area contributed by atoms with Crippen LogP contribution < -0.4 is 0 Å². The van der Waals surface area contributed by atoms with E-state index < -0.39 is 0 Å². The number of carbonyl (C=O) groups excluding carboxylic acids is 1. The predicted molar refractivity (Wildman–Crippen MR) is 67.1 cm³/mol. The Kier molecular flexibility index (Phi) is 2.37. The maximum Gasteiger partial charge on any atom is 0.189 e. The van der Waals surface area contributed by atoms with E-state index in [4.69, 9.17) is 0 Å². The summed E-state index contributed by atoms with van der Waals surface area (Å²) in [5, 5.41) is 5.78. The molecular formula is C13H10N2OS. The molecule has 0 aliphatic heterocycles. The number of Topliss-reactive ketones (excluding diaryl/α,β-unsaturated/α-hetero) is 1. The highest BCUT2D eigenvalue weighted by Gasteiger charge is 2.25. The zero-order chi connectivity index (χ0) is 11.8. The molecule has 17 heavy (non-hydrogen) atoms. The number of ketones is 1. The molecule has 0 saturated heterocycles. The number of rotatable bonds is 1. The smallest absolute Gasteiger partial charge is 0.189 e. The molecule has 0 fully saturated rings. The van der Waals surface area contributed by atoms with Crippen LogP contribution in [0.15, 0.2) is 29.2 Å². The summed E-state index contributed by atoms with van der Waals surface area (Å²) in [7, 11) is 0. The van der Waals surface area contributed by atoms with Crippen LogP contribution in [0.2, 0.25) is 0 Å². The summed E-state index contributed by atoms with van der Waals surface area (Å²) in [6.07, 6.45) is 2.55. The Morgan fingerprint density at radius 2 is 2.29 bits per heavy atom. The lowest BCUT2D eigenvalue weighted by atomic mass is 10.1. The average molecular weight is 242 g/mol. The fourth-order valence-electron chi connectivity index (χ4n) is 2.12. The molecule has 0 amide bonds. The first-order valence-corrected chi connectivity index (χ1v) is 6.20. The average Bonchev–Trinajstić information content (AvgIpc) is 2.92. The number of hydrogen-bond donors (Lipinski definition) is 0. The van der Waals surface area contributed by atoms with Crippen molar-refractivity contribution in [3.63, 3.8) is 0 Å². The lowest BCUT2D eigenvalue weighted by molar-refractivity contribution is 0.104. The van der Waals surface area contributed by atoms with E-state index in [1.54, 1.807) is 0 Å². The first-order valence-electron chi connectivity index (χ1n) is 5.36. The Bertz CT molecular complexity index is 614. The molecule has 0 bridgehead atoms. The van der Waals surface area contributed by atoms with Gasteiger partial charge in [0.25, 0.3) is 0 Å². The van der Waals surface area contributed by atoms with Crippen molar-refractivity contribution < 1.29 is 4.79 Å². The molecule has 1 aromatic carbocycles. The summed E-state index contributed by atoms with van der Waals surface area (Å²) in [5.74, 6) is 0.122. The summed E-state index contributed by atoms with van der Waals surface area (Å²) >= 11 is 1.29. The van der Waals surface area contributed by atoms with E-state index in [-0.39, 0.29) is 5.78 Å². The van der Waals surface area contributed by atoms with Gasteiger partial charge < -0.3 is 0 Å². The van der Waals surface area contributed by atoms with Crippen LogP contribution in [0.5, 0.6) is 0 Å². The molecule has 1 heterocycles. The van der Waals surface area contributed by atoms with Crippen LogP contribution in [0.1, 0.15) is 27.2 Å². The van der Waals surface area contributed by atoms with Crippen molar-refractivity contribution in [2.45, 2.75) is 13.3 Å². The van der Waals surface area contributed by atoms with Gasteiger partial charge in [-0.15, -0.1) is 5.10 Å². The third-order valence-electron chi connectivity index (χ3n) is 3.01. The van der Waals surface area contributed by atoms with Gasteiger partial charge >= 0.3 is 0 Å². The highest BCUT2D eigenvalue weighted by Crippen LogP contribution is 2.29. The number of aryl methyl sites for hydroxylation is 1. The highest BCUT2D eigenvalue weighted by molar-refractivity contribution is 7.03. The molecule has 0 N–H and O–H groups in total. The first-order chi connectivity index (χ1) is 8.25. The van der Waals surface area contributed by atoms with Gasteiger partial charge in [-0.3, -0.25) is 4.79 Å². The number of carbonyl (C=O) groups is 1. The van der Waals surface area contributed by atoms with E-state index in [9.17, 15) is 4.79 Å². The lowest BCUT2D eigenvalue weighted by Crippen LogP contribution is -1.95. The van der Waals surface area contributed by atoms with Crippen LogP contribution in [0.3, 0.4) is 0 Å². The molecule has 3 nitrogen and oxygen atoms in total. The van der Waals surface area contributed by atoms with E-state index >= 15 is 0 Å². The third-order valence-corrected chi connectivity index (χ3v) is 3.54. The van der Waals surface area contributed by atoms with Crippen LogP contribution in [0.25, 0.3) is 6.08 Å². The van der Waals surface area contributed by atoms with E-state index in [0.29, 0.717) is 6.42 Å². The maximum absolute atomic E-state index is 12.2. The lowest BCUT2D eigenvalue weighted by Gasteiger charge is -1.99. The molecule has 0 saturated carbocycles. The van der Waals surface area contributed by atoms with Crippen molar-refractivity contribution in [3.05, 3.63) is 51.5 Å². The molecule has 4 heteroatoms. The van der Waals surface area contributed by atoms with E-state index in [0.717, 1.165) is 22.4 Å². The molecule has 0 unspecified atom stereocenters. The monoisotopic (exact) mass is 242 g/mol. The molecule has 84 valence electrons. The fourth-order valence-corrected chi connectivity index (χ4v) is 2.53. The van der Waals surface area contributed by atoms with Crippen LogP contribution in [-0.2, 0) is 6.42 Å². The summed E-state index contributed by atoms with van der Waals surface area (Å²) in [5.41, 5.74) is 4.73. The van der Waals surface area contributed by atoms with E-state index in [2.05, 4.69) is 9.59 Å². The number of allylic oxidation sites excluding steroid dienone is 1. The van der Waals surface area contributed by atoms with Gasteiger partial charge in [-0.2, -0.15) is 0 Å². The normalized spacial score (nSPS) is 16.5. The van der Waals surface area contributed by atoms with E-state index in [1.807, 2.05) is 36.6 Å². The van der Waals surface area contributed by atoms with Gasteiger partial charge in [-0.05, 0) is 35.7 Å². The zero-order valence-corrected chi connectivity index (χ0v) is 10.1. The predicted octanol–water partition coefficient (Wildman–Crippen LogP) is 2.67. The van der Waals surface area contributed by atoms with Crippen LogP contribution in [-0.4, -0.2) is 15.4 Å². The third kappa shape index (κ3) is 1.70. The molecule has 3 rings (SSSR count). The minimum Gasteiger partial charge on any atom is -0.289 e. The number of fused-ring (bicyclic) bond motifs is 1. The molecule has 0 atom stereocenters. The fraction of sp³-hybridized carbons (Fsp3) is 0.154. The second-order valence-electron chi connectivity index (χ2n) is 4.11. The quantitative estimate of drug-likeness (QED) is 0.722. The van der Waals surface area contributed by atoms with Crippen LogP contribution in [0, 0.1) is 6.92 Å². The second kappa shape index (κ2) is 3.89. The molecule has 1 aliphatic rings. The Balaban J connectivity index is 2.05. The first kappa shape index (κ1) is 10.4. The van der Waals surface area contributed by atoms with Crippen molar-refractivity contribution in [3.8, 4) is 0 Å². The summed E-state index contributed by atoms with van der Waals surface area (Å²) in [4.78, 5) is 12.2. The molecule has 1 aromatic heterocycles. The Morgan fingerprint density at radius 1 is 1.41 bits per heavy atom. The van der Waals surface area contributed by atoms with Crippen LogP contribution >= 0.6 is 11.5 Å². The topological polar surface area (TPSA) is 42.9 Å². The van der Waals surface area contributed by atoms with Gasteiger partial charge in [0.1, 0.15) is 0 Å². The Labute approximate surface area is 103 Å². The summed E-state index contributed by atoms with van der Waals surface area (Å²) in [6.45, 7) is 2.04. The Hall–Kier alpha value is -1.81. The van der Waals surface area contributed by atoms with Crippen molar-refractivity contribution in [2.75, 3.05) is 0 Å². The van der Waals surface area contributed by atoms with Crippen LogP contribution in [0.4, 0.5) is 0 Å². The number of hydrogen-bond acceptors (Lipinski definition) is 4. The minimum absolute atomic E-state index is 0.122. The zero-order valence-electron chi connectivity index (χ0n) is 9.30. The van der Waals surface area contributed by atoms with Gasteiger partial charge in [0.15, 0.2) is 5.78 Å². The SMILES string of the molecule is Cc1cccc2c1CC(=Cc1csnn1)C2=O. The van der Waals surface area contributed by atoms with Crippen molar-refractivity contribution in [2.24, 2.45) is 0 Å².